The second kappa shape index (κ2) is 4.60. The van der Waals surface area contributed by atoms with Gasteiger partial charge in [-0.1, -0.05) is 36.9 Å². The van der Waals surface area contributed by atoms with Crippen molar-refractivity contribution in [3.8, 4) is 0 Å². The second-order valence-corrected chi connectivity index (χ2v) is 3.00. The summed E-state index contributed by atoms with van der Waals surface area (Å²) in [6.45, 7) is 3.66. The average Bonchev–Trinajstić information content (AvgIpc) is 2.05. The van der Waals surface area contributed by atoms with Crippen LogP contribution in [-0.2, 0) is 6.42 Å². The number of nitrogens with two attached hydrogens (primary N) is 1. The van der Waals surface area contributed by atoms with Crippen LogP contribution in [0.2, 0.25) is 0 Å². The van der Waals surface area contributed by atoms with Crippen LogP contribution in [0.15, 0.2) is 42.6 Å². The van der Waals surface area contributed by atoms with Crippen LogP contribution in [0.5, 0.6) is 0 Å². The molecule has 1 heteroatoms. The molecule has 0 unspecified atom stereocenters. The predicted molar refractivity (Wildman–Crippen MR) is 52.7 cm³/mol. The van der Waals surface area contributed by atoms with Gasteiger partial charge in [0.2, 0.25) is 0 Å². The van der Waals surface area contributed by atoms with E-state index in [9.17, 15) is 0 Å². The number of allylic oxidation sites excluding steroid dienone is 1. The van der Waals surface area contributed by atoms with Crippen LogP contribution in [0.3, 0.4) is 0 Å². The molecule has 0 aliphatic carbocycles. The van der Waals surface area contributed by atoms with Crippen molar-refractivity contribution in [1.82, 2.24) is 0 Å². The average molecular weight is 161 g/mol. The van der Waals surface area contributed by atoms with Crippen LogP contribution in [0.25, 0.3) is 0 Å². The van der Waals surface area contributed by atoms with Gasteiger partial charge in [-0.3, -0.25) is 0 Å². The van der Waals surface area contributed by atoms with Gasteiger partial charge in [0.05, 0.1) is 0 Å². The maximum Gasteiger partial charge on any atom is 0.000755 e. The Bertz CT molecular complexity index is 238. The first kappa shape index (κ1) is 8.85. The fourth-order valence-corrected chi connectivity index (χ4v) is 1.16. The minimum atomic E-state index is 0.783. The zero-order valence-electron chi connectivity index (χ0n) is 7.29. The lowest BCUT2D eigenvalue weighted by atomic mass is 10.1. The van der Waals surface area contributed by atoms with E-state index in [4.69, 9.17) is 5.73 Å². The molecule has 0 amide bonds. The minimum absolute atomic E-state index is 0.783. The molecule has 0 bridgehead atoms. The zero-order chi connectivity index (χ0) is 8.81. The predicted octanol–water partition coefficient (Wildman–Crippen LogP) is 2.48. The lowest BCUT2D eigenvalue weighted by Gasteiger charge is -2.00. The lowest BCUT2D eigenvalue weighted by Crippen LogP contribution is -1.95. The number of rotatable bonds is 4. The topological polar surface area (TPSA) is 26.0 Å². The summed E-state index contributed by atoms with van der Waals surface area (Å²) in [5.74, 6) is 0. The van der Waals surface area contributed by atoms with Gasteiger partial charge in [0, 0.05) is 5.70 Å². The number of benzene rings is 1. The highest BCUT2D eigenvalue weighted by molar-refractivity contribution is 5.14. The van der Waals surface area contributed by atoms with Crippen LogP contribution < -0.4 is 5.73 Å². The molecule has 1 nitrogen and oxygen atoms in total. The van der Waals surface area contributed by atoms with Crippen molar-refractivity contribution in [2.75, 3.05) is 0 Å². The third-order valence-corrected chi connectivity index (χ3v) is 1.81. The molecule has 12 heavy (non-hydrogen) atoms. The van der Waals surface area contributed by atoms with E-state index in [1.54, 1.807) is 0 Å². The van der Waals surface area contributed by atoms with Crippen molar-refractivity contribution >= 4 is 0 Å². The van der Waals surface area contributed by atoms with E-state index in [1.165, 1.54) is 5.56 Å². The Morgan fingerprint density at radius 2 is 1.92 bits per heavy atom. The van der Waals surface area contributed by atoms with Gasteiger partial charge in [-0.15, -0.1) is 0 Å². The van der Waals surface area contributed by atoms with Crippen LogP contribution in [-0.4, -0.2) is 0 Å². The van der Waals surface area contributed by atoms with Crippen LogP contribution in [0.4, 0.5) is 0 Å². The summed E-state index contributed by atoms with van der Waals surface area (Å²) in [7, 11) is 0. The number of hydrogen-bond donors (Lipinski definition) is 1. The largest absolute Gasteiger partial charge is 0.403 e. The van der Waals surface area contributed by atoms with E-state index in [2.05, 4.69) is 30.8 Å². The van der Waals surface area contributed by atoms with Gasteiger partial charge >= 0.3 is 0 Å². The van der Waals surface area contributed by atoms with Gasteiger partial charge in [0.15, 0.2) is 0 Å². The molecule has 0 radical (unpaired) electrons. The van der Waals surface area contributed by atoms with Crippen LogP contribution >= 0.6 is 0 Å². The molecule has 0 aliphatic rings. The first-order valence-electron chi connectivity index (χ1n) is 4.26. The van der Waals surface area contributed by atoms with Gasteiger partial charge in [-0.2, -0.15) is 0 Å². The van der Waals surface area contributed by atoms with Gasteiger partial charge in [-0.25, -0.2) is 0 Å². The molecule has 1 rings (SSSR count). The second-order valence-electron chi connectivity index (χ2n) is 3.00. The summed E-state index contributed by atoms with van der Waals surface area (Å²) in [6.07, 6.45) is 3.12. The number of aryl methyl sites for hydroxylation is 1. The molecule has 0 saturated carbocycles. The Balaban J connectivity index is 2.29. The molecule has 0 fully saturated rings. The van der Waals surface area contributed by atoms with Gasteiger partial charge < -0.3 is 5.73 Å². The van der Waals surface area contributed by atoms with E-state index >= 15 is 0 Å². The summed E-state index contributed by atoms with van der Waals surface area (Å²) in [5.41, 5.74) is 7.62. The molecule has 0 atom stereocenters. The first-order chi connectivity index (χ1) is 5.79. The molecule has 0 aromatic heterocycles. The molecule has 2 N–H and O–H groups in total. The Kier molecular flexibility index (Phi) is 3.39. The molecule has 0 saturated heterocycles. The fraction of sp³-hybridized carbons (Fsp3) is 0.273. The maximum atomic E-state index is 5.46. The molecule has 0 spiro atoms. The zero-order valence-corrected chi connectivity index (χ0v) is 7.29. The van der Waals surface area contributed by atoms with Crippen molar-refractivity contribution in [1.29, 1.82) is 0 Å². The summed E-state index contributed by atoms with van der Waals surface area (Å²) in [6, 6.07) is 10.4. The molecular weight excluding hydrogens is 146 g/mol. The molecule has 1 aromatic rings. The van der Waals surface area contributed by atoms with Gasteiger partial charge in [-0.05, 0) is 24.8 Å². The lowest BCUT2D eigenvalue weighted by molar-refractivity contribution is 0.807. The summed E-state index contributed by atoms with van der Waals surface area (Å²) in [4.78, 5) is 0. The van der Waals surface area contributed by atoms with Crippen LogP contribution in [0.1, 0.15) is 18.4 Å². The highest BCUT2D eigenvalue weighted by Gasteiger charge is 1.91. The van der Waals surface area contributed by atoms with Gasteiger partial charge in [0.1, 0.15) is 0 Å². The molecule has 64 valence electrons. The maximum absolute atomic E-state index is 5.46. The molecule has 0 heterocycles. The third-order valence-electron chi connectivity index (χ3n) is 1.81. The highest BCUT2D eigenvalue weighted by Crippen LogP contribution is 2.05. The third kappa shape index (κ3) is 3.24. The van der Waals surface area contributed by atoms with Crippen molar-refractivity contribution in [2.45, 2.75) is 19.3 Å². The molecule has 1 aromatic carbocycles. The van der Waals surface area contributed by atoms with E-state index < -0.39 is 0 Å². The standard InChI is InChI=1S/C11H15N/c1-10(12)6-5-9-11-7-3-2-4-8-11/h2-4,7-8H,1,5-6,9,12H2. The minimum Gasteiger partial charge on any atom is -0.403 e. The van der Waals surface area contributed by atoms with Crippen molar-refractivity contribution in [3.63, 3.8) is 0 Å². The molecule has 0 aliphatic heterocycles. The fourth-order valence-electron chi connectivity index (χ4n) is 1.16. The Morgan fingerprint density at radius 3 is 2.50 bits per heavy atom. The van der Waals surface area contributed by atoms with Crippen molar-refractivity contribution in [3.05, 3.63) is 48.2 Å². The summed E-state index contributed by atoms with van der Waals surface area (Å²) >= 11 is 0. The van der Waals surface area contributed by atoms with Crippen molar-refractivity contribution in [2.24, 2.45) is 5.73 Å². The van der Waals surface area contributed by atoms with E-state index in [1.807, 2.05) is 6.07 Å². The van der Waals surface area contributed by atoms with E-state index in [0.717, 1.165) is 25.0 Å². The smallest absolute Gasteiger partial charge is 0.000755 e. The summed E-state index contributed by atoms with van der Waals surface area (Å²) in [5, 5.41) is 0. The monoisotopic (exact) mass is 161 g/mol. The Morgan fingerprint density at radius 1 is 1.25 bits per heavy atom. The van der Waals surface area contributed by atoms with E-state index in [0.29, 0.717) is 0 Å². The Hall–Kier alpha value is -1.24. The first-order valence-corrected chi connectivity index (χ1v) is 4.26. The summed E-state index contributed by atoms with van der Waals surface area (Å²) < 4.78 is 0. The van der Waals surface area contributed by atoms with Gasteiger partial charge in [0.25, 0.3) is 0 Å². The molecular formula is C11H15N. The highest BCUT2D eigenvalue weighted by atomic mass is 14.5. The normalized spacial score (nSPS) is 9.67. The van der Waals surface area contributed by atoms with Crippen LogP contribution in [0, 0.1) is 0 Å². The quantitative estimate of drug-likeness (QED) is 0.721. The number of hydrogen-bond acceptors (Lipinski definition) is 1. The van der Waals surface area contributed by atoms with Crippen molar-refractivity contribution < 1.29 is 0 Å². The van der Waals surface area contributed by atoms with E-state index in [-0.39, 0.29) is 0 Å². The Labute approximate surface area is 73.9 Å². The SMILES string of the molecule is C=C(N)CCCc1ccccc1.